The molecule has 0 spiro atoms. The summed E-state index contributed by atoms with van der Waals surface area (Å²) in [6.07, 6.45) is 3.63. The van der Waals surface area contributed by atoms with Gasteiger partial charge in [0.2, 0.25) is 0 Å². The Morgan fingerprint density at radius 3 is 2.77 bits per heavy atom. The first-order valence-corrected chi connectivity index (χ1v) is 10.1. The van der Waals surface area contributed by atoms with Gasteiger partial charge in [0.1, 0.15) is 13.3 Å². The summed E-state index contributed by atoms with van der Waals surface area (Å²) in [4.78, 5) is 16.3. The number of carbonyl (C=O) groups excluding carboxylic acids is 1. The van der Waals surface area contributed by atoms with E-state index >= 15 is 0 Å². The monoisotopic (exact) mass is 426 g/mol. The molecule has 158 valence electrons. The van der Waals surface area contributed by atoms with Gasteiger partial charge in [0.25, 0.3) is 0 Å². The second kappa shape index (κ2) is 10.4. The van der Waals surface area contributed by atoms with Crippen molar-refractivity contribution in [2.24, 2.45) is 0 Å². The van der Waals surface area contributed by atoms with Gasteiger partial charge < -0.3 is 14.8 Å². The zero-order valence-corrected chi connectivity index (χ0v) is 18.2. The zero-order chi connectivity index (χ0) is 21.5. The van der Waals surface area contributed by atoms with Gasteiger partial charge in [0.05, 0.1) is 12.3 Å². The summed E-state index contributed by atoms with van der Waals surface area (Å²) in [5.41, 5.74) is 3.90. The lowest BCUT2D eigenvalue weighted by molar-refractivity contribution is -0.121. The van der Waals surface area contributed by atoms with Gasteiger partial charge in [-0.3, -0.25) is 4.79 Å². The second-order valence-corrected chi connectivity index (χ2v) is 7.49. The fourth-order valence-electron chi connectivity index (χ4n) is 2.93. The number of thiol groups is 1. The van der Waals surface area contributed by atoms with Crippen LogP contribution in [0, 0.1) is 0 Å². The molecule has 1 aromatic carbocycles. The molecule has 30 heavy (non-hydrogen) atoms. The average Bonchev–Trinajstić information content (AvgIpc) is 3.23. The highest BCUT2D eigenvalue weighted by molar-refractivity contribution is 7.80. The van der Waals surface area contributed by atoms with E-state index < -0.39 is 0 Å². The van der Waals surface area contributed by atoms with Crippen LogP contribution in [0.2, 0.25) is 0 Å². The number of carbonyl (C=O) groups is 1. The number of rotatable bonds is 10. The van der Waals surface area contributed by atoms with E-state index in [2.05, 4.69) is 35.9 Å². The Labute approximate surface area is 181 Å². The third kappa shape index (κ3) is 5.69. The molecule has 0 saturated carbocycles. The fraction of sp³-hybridized carbons (Fsp3) is 0.318. The average molecular weight is 427 g/mol. The van der Waals surface area contributed by atoms with Crippen LogP contribution < -0.4 is 5.32 Å². The van der Waals surface area contributed by atoms with Crippen LogP contribution in [-0.4, -0.2) is 41.0 Å². The van der Waals surface area contributed by atoms with Crippen LogP contribution in [0.3, 0.4) is 0 Å². The second-order valence-electron chi connectivity index (χ2n) is 7.01. The van der Waals surface area contributed by atoms with Crippen LogP contribution in [0.5, 0.6) is 0 Å². The van der Waals surface area contributed by atoms with Gasteiger partial charge in [0, 0.05) is 36.0 Å². The summed E-state index contributed by atoms with van der Waals surface area (Å²) < 4.78 is 12.1. The van der Waals surface area contributed by atoms with Gasteiger partial charge in [-0.15, -0.1) is 12.6 Å². The van der Waals surface area contributed by atoms with Crippen LogP contribution >= 0.6 is 12.6 Å². The Hall–Kier alpha value is -2.68. The molecule has 0 aliphatic rings. The highest BCUT2D eigenvalue weighted by Gasteiger charge is 2.14. The molecule has 0 fully saturated rings. The molecule has 0 saturated heterocycles. The van der Waals surface area contributed by atoms with Crippen molar-refractivity contribution in [1.29, 1.82) is 0 Å². The minimum absolute atomic E-state index is 0.00341. The predicted octanol–water partition coefficient (Wildman–Crippen LogP) is 3.83. The lowest BCUT2D eigenvalue weighted by Gasteiger charge is -2.13. The van der Waals surface area contributed by atoms with Crippen molar-refractivity contribution in [3.8, 4) is 5.82 Å². The van der Waals surface area contributed by atoms with Crippen molar-refractivity contribution in [2.75, 3.05) is 25.8 Å². The third-order valence-corrected chi connectivity index (χ3v) is 4.97. The molecule has 0 aliphatic carbocycles. The fourth-order valence-corrected chi connectivity index (χ4v) is 3.24. The molecule has 8 heteroatoms. The number of nitrogens with zero attached hydrogens (tertiary/aromatic N) is 3. The maximum atomic E-state index is 10.9. The molecular formula is C22H26N4O3S. The van der Waals surface area contributed by atoms with E-state index in [9.17, 15) is 4.79 Å². The van der Waals surface area contributed by atoms with Crippen molar-refractivity contribution in [1.82, 2.24) is 14.8 Å². The van der Waals surface area contributed by atoms with Gasteiger partial charge in [-0.25, -0.2) is 9.67 Å². The number of benzene rings is 1. The summed E-state index contributed by atoms with van der Waals surface area (Å²) in [6.45, 7) is 4.51. The molecule has 0 aliphatic heterocycles. The Kier molecular flexibility index (Phi) is 7.62. The van der Waals surface area contributed by atoms with Crippen molar-refractivity contribution in [2.45, 2.75) is 31.3 Å². The van der Waals surface area contributed by atoms with Crippen molar-refractivity contribution >= 4 is 24.1 Å². The first kappa shape index (κ1) is 22.0. The minimum atomic E-state index is 0.00341. The lowest BCUT2D eigenvalue weighted by Crippen LogP contribution is -2.06. The summed E-state index contributed by atoms with van der Waals surface area (Å²) >= 11 is 4.57. The van der Waals surface area contributed by atoms with Crippen molar-refractivity contribution in [3.05, 3.63) is 65.6 Å². The summed E-state index contributed by atoms with van der Waals surface area (Å²) in [5.74, 6) is 0.828. The molecule has 1 unspecified atom stereocenters. The smallest absolute Gasteiger partial charge is 0.155 e. The highest BCUT2D eigenvalue weighted by Crippen LogP contribution is 2.29. The van der Waals surface area contributed by atoms with E-state index in [-0.39, 0.29) is 18.3 Å². The SMILES string of the molecule is COCNc1ccc(C(C)c2ccn(-c3ccc(COCC(C)=O)cn3)n2)cc1S. The minimum Gasteiger partial charge on any atom is -0.369 e. The molecule has 7 nitrogen and oxygen atoms in total. The number of ketones is 1. The van der Waals surface area contributed by atoms with Crippen molar-refractivity contribution < 1.29 is 14.3 Å². The molecule has 3 aromatic rings. The maximum Gasteiger partial charge on any atom is 0.155 e. The van der Waals surface area contributed by atoms with E-state index in [0.29, 0.717) is 13.3 Å². The Morgan fingerprint density at radius 1 is 1.27 bits per heavy atom. The molecule has 0 bridgehead atoms. The largest absolute Gasteiger partial charge is 0.369 e. The van der Waals surface area contributed by atoms with Crippen LogP contribution in [0.1, 0.15) is 36.6 Å². The molecular weight excluding hydrogens is 400 g/mol. The quantitative estimate of drug-likeness (QED) is 0.379. The first-order valence-electron chi connectivity index (χ1n) is 9.61. The predicted molar refractivity (Wildman–Crippen MR) is 118 cm³/mol. The molecule has 0 amide bonds. The molecule has 0 radical (unpaired) electrons. The normalized spacial score (nSPS) is 12.0. The molecule has 3 rings (SSSR count). The number of pyridine rings is 1. The lowest BCUT2D eigenvalue weighted by atomic mass is 9.98. The zero-order valence-electron chi connectivity index (χ0n) is 17.3. The third-order valence-electron chi connectivity index (χ3n) is 4.60. The van der Waals surface area contributed by atoms with Gasteiger partial charge in [0.15, 0.2) is 11.6 Å². The first-order chi connectivity index (χ1) is 14.5. The molecule has 1 atom stereocenters. The van der Waals surface area contributed by atoms with Gasteiger partial charge in [-0.1, -0.05) is 19.1 Å². The van der Waals surface area contributed by atoms with Crippen LogP contribution in [0.15, 0.2) is 53.7 Å². The van der Waals surface area contributed by atoms with E-state index in [0.717, 1.165) is 33.2 Å². The topological polar surface area (TPSA) is 78.3 Å². The van der Waals surface area contributed by atoms with Gasteiger partial charge in [-0.2, -0.15) is 5.10 Å². The standard InChI is InChI=1S/C22H26N4O3S/c1-15(27)12-29-13-17-4-7-22(23-11-17)26-9-8-19(25-26)16(2)18-5-6-20(21(30)10-18)24-14-28-3/h4-11,16,24,30H,12-14H2,1-3H3. The Morgan fingerprint density at radius 2 is 2.10 bits per heavy atom. The number of methoxy groups -OCH3 is 1. The molecule has 2 heterocycles. The number of hydrogen-bond donors (Lipinski definition) is 2. The highest BCUT2D eigenvalue weighted by atomic mass is 32.1. The summed E-state index contributed by atoms with van der Waals surface area (Å²) in [7, 11) is 1.64. The van der Waals surface area contributed by atoms with E-state index in [4.69, 9.17) is 14.6 Å². The van der Waals surface area contributed by atoms with E-state index in [1.54, 1.807) is 18.0 Å². The Balaban J connectivity index is 1.68. The van der Waals surface area contributed by atoms with Crippen molar-refractivity contribution in [3.63, 3.8) is 0 Å². The number of nitrogens with one attached hydrogen (secondary N) is 1. The number of ether oxygens (including phenoxy) is 2. The molecule has 2 aromatic heterocycles. The maximum absolute atomic E-state index is 10.9. The van der Waals surface area contributed by atoms with Gasteiger partial charge >= 0.3 is 0 Å². The van der Waals surface area contributed by atoms with E-state index in [1.807, 2.05) is 36.5 Å². The van der Waals surface area contributed by atoms with Crippen LogP contribution in [-0.2, 0) is 20.9 Å². The van der Waals surface area contributed by atoms with Crippen LogP contribution in [0.4, 0.5) is 5.69 Å². The number of anilines is 1. The van der Waals surface area contributed by atoms with Gasteiger partial charge in [-0.05, 0) is 42.3 Å². The number of aromatic nitrogens is 3. The van der Waals surface area contributed by atoms with Crippen LogP contribution in [0.25, 0.3) is 5.82 Å². The molecule has 1 N–H and O–H groups in total. The number of Topliss-reactive ketones (excluding diaryl/α,β-unsaturated/α-hetero) is 1. The summed E-state index contributed by atoms with van der Waals surface area (Å²) in [6, 6.07) is 11.9. The Bertz CT molecular complexity index is 988. The van der Waals surface area contributed by atoms with E-state index in [1.165, 1.54) is 6.92 Å². The number of hydrogen-bond acceptors (Lipinski definition) is 7. The summed E-state index contributed by atoms with van der Waals surface area (Å²) in [5, 5.41) is 7.86.